The van der Waals surface area contributed by atoms with E-state index in [9.17, 15) is 10.2 Å². The van der Waals surface area contributed by atoms with Gasteiger partial charge in [0.15, 0.2) is 0 Å². The molecular weight excluding hydrogens is 1510 g/mol. The number of aliphatic hydroxyl groups is 2. The number of aliphatic hydroxyl groups excluding tert-OH is 2. The van der Waals surface area contributed by atoms with Gasteiger partial charge in [0.25, 0.3) is 0 Å². The van der Waals surface area contributed by atoms with E-state index < -0.39 is 48.8 Å². The molecule has 7 aromatic carbocycles. The molecular formula is C79H84B2Br2IrN2O6S2-2. The first-order valence-corrected chi connectivity index (χ1v) is 36.1. The summed E-state index contributed by atoms with van der Waals surface area (Å²) in [5, 5.41) is 27.1. The van der Waals surface area contributed by atoms with Crippen molar-refractivity contribution >= 4 is 121 Å². The van der Waals surface area contributed by atoms with E-state index in [0.29, 0.717) is 12.8 Å². The minimum atomic E-state index is -0.478. The summed E-state index contributed by atoms with van der Waals surface area (Å²) in [6.45, 7) is 20.8. The van der Waals surface area contributed by atoms with E-state index >= 15 is 0 Å². The molecule has 2 atom stereocenters. The Balaban J connectivity index is 0.000000144. The number of pyridine rings is 2. The molecule has 2 aliphatic heterocycles. The van der Waals surface area contributed by atoms with Crippen LogP contribution in [-0.2, 0) is 44.1 Å². The fraction of sp³-hybridized carbons (Fsp3) is 0.342. The maximum absolute atomic E-state index is 10.6. The van der Waals surface area contributed by atoms with E-state index in [4.69, 9.17) is 18.6 Å². The average Bonchev–Trinajstić information content (AvgIpc) is 1.49. The molecule has 0 bridgehead atoms. The van der Waals surface area contributed by atoms with Crippen LogP contribution in [0.3, 0.4) is 0 Å². The first-order valence-electron chi connectivity index (χ1n) is 32.8. The topological polar surface area (TPSA) is 103 Å². The van der Waals surface area contributed by atoms with E-state index in [2.05, 4.69) is 238 Å². The summed E-state index contributed by atoms with van der Waals surface area (Å²) in [6, 6.07) is 65.4. The second-order valence-corrected chi connectivity index (χ2v) is 30.8. The van der Waals surface area contributed by atoms with Gasteiger partial charge in [0.05, 0.1) is 34.6 Å². The zero-order chi connectivity index (χ0) is 65.7. The summed E-state index contributed by atoms with van der Waals surface area (Å²) in [5.74, 6) is 0. The SMILES string of the molecule is CC1(C)OB(c2c3ccccc3c(B3OC(C)(C)C(C)(C)O3)c3ccccc23)OC1(C)C.CCCCCCCCC1(CCC(O)CC(C)O)c2cc(Br)ccc2-c2ccc(Br)cc21.[Ir].[c-]1c(-c2ccccn2)sc2ccccc12.[c-]1c(-c2ccccn2)sc2ccccc12. The molecule has 0 amide bonds. The van der Waals surface area contributed by atoms with E-state index in [0.717, 1.165) is 75.4 Å². The number of hydrogen-bond acceptors (Lipinski definition) is 10. The summed E-state index contributed by atoms with van der Waals surface area (Å²) in [4.78, 5) is 10.9. The van der Waals surface area contributed by atoms with E-state index in [1.165, 1.54) is 81.0 Å². The van der Waals surface area contributed by atoms with Crippen molar-refractivity contribution in [2.75, 3.05) is 0 Å². The molecule has 4 aromatic heterocycles. The van der Waals surface area contributed by atoms with Gasteiger partial charge in [-0.3, -0.25) is 0 Å². The summed E-state index contributed by atoms with van der Waals surface area (Å²) in [7, 11) is -0.913. The minimum Gasteiger partial charge on any atom is -0.399 e. The fourth-order valence-corrected chi connectivity index (χ4v) is 15.6. The maximum atomic E-state index is 10.6. The quantitative estimate of drug-likeness (QED) is 0.0427. The van der Waals surface area contributed by atoms with Gasteiger partial charge in [0, 0.05) is 58.2 Å². The number of hydrogen-bond donors (Lipinski definition) is 2. The van der Waals surface area contributed by atoms with Crippen molar-refractivity contribution in [3.63, 3.8) is 0 Å². The molecule has 14 rings (SSSR count). The smallest absolute Gasteiger partial charge is 0.399 e. The first-order chi connectivity index (χ1) is 44.6. The normalized spacial score (nSPS) is 16.7. The number of fused-ring (bicyclic) bond motifs is 7. The van der Waals surface area contributed by atoms with Crippen LogP contribution in [0.1, 0.15) is 145 Å². The second kappa shape index (κ2) is 30.7. The summed E-state index contributed by atoms with van der Waals surface area (Å²) in [5.41, 5.74) is 7.79. The van der Waals surface area contributed by atoms with Gasteiger partial charge < -0.3 is 38.8 Å². The Hall–Kier alpha value is -5.22. The van der Waals surface area contributed by atoms with E-state index in [1.54, 1.807) is 29.6 Å². The molecule has 8 nitrogen and oxygen atoms in total. The van der Waals surface area contributed by atoms with Crippen LogP contribution >= 0.6 is 54.5 Å². The minimum absolute atomic E-state index is 0. The number of nitrogens with zero attached hydrogens (tertiary/aromatic N) is 2. The van der Waals surface area contributed by atoms with Crippen molar-refractivity contribution < 1.29 is 48.9 Å². The zero-order valence-electron chi connectivity index (χ0n) is 55.5. The van der Waals surface area contributed by atoms with Gasteiger partial charge in [-0.15, -0.1) is 47.2 Å². The molecule has 1 radical (unpaired) electrons. The molecule has 1 aliphatic carbocycles. The Morgan fingerprint density at radius 2 is 0.872 bits per heavy atom. The van der Waals surface area contributed by atoms with Gasteiger partial charge in [-0.1, -0.05) is 187 Å². The van der Waals surface area contributed by atoms with Gasteiger partial charge in [-0.25, -0.2) is 22.7 Å². The summed E-state index contributed by atoms with van der Waals surface area (Å²) < 4.78 is 30.8. The maximum Gasteiger partial charge on any atom is 0.496 e. The number of aromatic nitrogens is 2. The monoisotopic (exact) mass is 1590 g/mol. The number of rotatable bonds is 16. The van der Waals surface area contributed by atoms with Crippen LogP contribution in [0.2, 0.25) is 0 Å². The standard InChI is InChI=1S/C27H36Br2O2.C26H32B2O4.2C13H8NS.Ir/c1-3-4-5-6-7-8-14-27(15-13-22(31)16-19(2)30)25-17-20(28)9-11-23(25)24-12-10-21(29)18-26(24)27;1-23(2)24(3,4)30-27(29-23)21-17-13-9-11-15-19(17)22(20-16-12-10-14-18(20)21)28-31-25(5,6)26(7,8)32-28;2*1-2-7-12-10(5-1)9-13(15-12)11-6-3-4-8-14-11;/h9-12,17-19,22,30-31H,3-8,13-16H2,1-2H3;9-16H,1-8H3;2*1-8H;/q;;2*-1;. The molecule has 0 spiro atoms. The zero-order valence-corrected chi connectivity index (χ0v) is 62.7. The Kier molecular flexibility index (Phi) is 23.4. The van der Waals surface area contributed by atoms with E-state index in [1.807, 2.05) is 60.9 Å². The van der Waals surface area contributed by atoms with Crippen LogP contribution in [-0.4, -0.2) is 69.0 Å². The Morgan fingerprint density at radius 1 is 0.489 bits per heavy atom. The van der Waals surface area contributed by atoms with Crippen LogP contribution in [0.25, 0.3) is 74.0 Å². The molecule has 94 heavy (non-hydrogen) atoms. The molecule has 6 heterocycles. The fourth-order valence-electron chi connectivity index (χ4n) is 12.9. The molecule has 11 aromatic rings. The molecule has 15 heteroatoms. The van der Waals surface area contributed by atoms with Crippen LogP contribution in [0.4, 0.5) is 0 Å². The second-order valence-electron chi connectivity index (χ2n) is 26.9. The molecule has 2 fully saturated rings. The summed E-state index contributed by atoms with van der Waals surface area (Å²) in [6.07, 6.45) is 13.4. The van der Waals surface area contributed by atoms with Gasteiger partial charge in [-0.2, -0.15) is 0 Å². The number of halogens is 2. The van der Waals surface area contributed by atoms with Crippen molar-refractivity contribution in [1.29, 1.82) is 0 Å². The van der Waals surface area contributed by atoms with Gasteiger partial charge in [0.1, 0.15) is 0 Å². The predicted octanol–water partition coefficient (Wildman–Crippen LogP) is 20.3. The summed E-state index contributed by atoms with van der Waals surface area (Å²) >= 11 is 10.9. The van der Waals surface area contributed by atoms with Crippen molar-refractivity contribution in [2.24, 2.45) is 0 Å². The van der Waals surface area contributed by atoms with Crippen molar-refractivity contribution in [2.45, 2.75) is 173 Å². The van der Waals surface area contributed by atoms with Gasteiger partial charge in [0.2, 0.25) is 0 Å². The average molecular weight is 1600 g/mol. The Morgan fingerprint density at radius 3 is 1.26 bits per heavy atom. The van der Waals surface area contributed by atoms with Gasteiger partial charge >= 0.3 is 14.2 Å². The number of benzene rings is 7. The van der Waals surface area contributed by atoms with Crippen LogP contribution in [0, 0.1) is 12.1 Å². The third kappa shape index (κ3) is 15.7. The third-order valence-corrected chi connectivity index (χ3v) is 22.4. The van der Waals surface area contributed by atoms with Crippen molar-refractivity contribution in [3.05, 3.63) is 214 Å². The molecule has 2 unspecified atom stereocenters. The first kappa shape index (κ1) is 71.5. The molecule has 0 saturated carbocycles. The van der Waals surface area contributed by atoms with E-state index in [-0.39, 0.29) is 25.5 Å². The molecule has 2 saturated heterocycles. The number of thiophene rings is 2. The van der Waals surface area contributed by atoms with Crippen molar-refractivity contribution in [1.82, 2.24) is 9.97 Å². The predicted molar refractivity (Wildman–Crippen MR) is 398 cm³/mol. The van der Waals surface area contributed by atoms with Crippen LogP contribution in [0.5, 0.6) is 0 Å². The largest absolute Gasteiger partial charge is 0.496 e. The Bertz CT molecular complexity index is 3940. The van der Waals surface area contributed by atoms with Crippen LogP contribution < -0.4 is 10.9 Å². The van der Waals surface area contributed by atoms with Crippen LogP contribution in [0.15, 0.2) is 191 Å². The Labute approximate surface area is 595 Å². The molecule has 2 N–H and O–H groups in total. The van der Waals surface area contributed by atoms with Crippen molar-refractivity contribution in [3.8, 4) is 32.3 Å². The molecule has 3 aliphatic rings. The third-order valence-electron chi connectivity index (χ3n) is 19.2. The van der Waals surface area contributed by atoms with Gasteiger partial charge in [-0.05, 0) is 198 Å². The number of unbranched alkanes of at least 4 members (excludes halogenated alkanes) is 5. The molecule has 489 valence electrons.